The van der Waals surface area contributed by atoms with E-state index < -0.39 is 12.0 Å². The van der Waals surface area contributed by atoms with Gasteiger partial charge in [0.05, 0.1) is 35.1 Å². The van der Waals surface area contributed by atoms with E-state index in [2.05, 4.69) is 0 Å². The molecule has 6 rings (SSSR count). The molecule has 0 unspecified atom stereocenters. The van der Waals surface area contributed by atoms with Crippen molar-refractivity contribution >= 4 is 40.7 Å². The van der Waals surface area contributed by atoms with Gasteiger partial charge in [-0.05, 0) is 73.0 Å². The van der Waals surface area contributed by atoms with Crippen molar-refractivity contribution in [3.8, 4) is 11.5 Å². The third-order valence-electron chi connectivity index (χ3n) is 7.38. The van der Waals surface area contributed by atoms with E-state index in [4.69, 9.17) is 30.8 Å². The van der Waals surface area contributed by atoms with Crippen LogP contribution in [0.15, 0.2) is 118 Å². The summed E-state index contributed by atoms with van der Waals surface area (Å²) in [6, 6.07) is 31.2. The zero-order chi connectivity index (χ0) is 32.0. The van der Waals surface area contributed by atoms with Crippen molar-refractivity contribution in [2.45, 2.75) is 26.5 Å². The Kier molecular flexibility index (Phi) is 9.47. The maximum absolute atomic E-state index is 14.1. The Hall–Kier alpha value is -4.92. The molecule has 0 saturated carbocycles. The summed E-state index contributed by atoms with van der Waals surface area (Å²) < 4.78 is 19.2. The van der Waals surface area contributed by atoms with Crippen LogP contribution in [0.25, 0.3) is 11.8 Å². The third kappa shape index (κ3) is 6.68. The lowest BCUT2D eigenvalue weighted by Crippen LogP contribution is -2.40. The molecule has 1 aliphatic heterocycles. The lowest BCUT2D eigenvalue weighted by atomic mass is 9.93. The molecule has 9 heteroatoms. The van der Waals surface area contributed by atoms with Gasteiger partial charge in [-0.2, -0.15) is 0 Å². The van der Waals surface area contributed by atoms with E-state index in [9.17, 15) is 9.59 Å². The van der Waals surface area contributed by atoms with Gasteiger partial charge < -0.3 is 14.2 Å². The second kappa shape index (κ2) is 14.0. The maximum atomic E-state index is 14.1. The smallest absolute Gasteiger partial charge is 0.338 e. The van der Waals surface area contributed by atoms with Crippen LogP contribution < -0.4 is 24.4 Å². The molecule has 0 spiro atoms. The minimum Gasteiger partial charge on any atom is -0.494 e. The Morgan fingerprint density at radius 1 is 0.870 bits per heavy atom. The summed E-state index contributed by atoms with van der Waals surface area (Å²) in [5, 5.41) is 0.678. The molecular weight excluding hydrogens is 620 g/mol. The number of hydrogen-bond acceptors (Lipinski definition) is 7. The largest absolute Gasteiger partial charge is 0.494 e. The van der Waals surface area contributed by atoms with Crippen molar-refractivity contribution in [2.24, 2.45) is 4.99 Å². The summed E-state index contributed by atoms with van der Waals surface area (Å²) in [6.45, 7) is 4.80. The van der Waals surface area contributed by atoms with E-state index >= 15 is 0 Å². The first-order valence-corrected chi connectivity index (χ1v) is 16.1. The number of aromatic nitrogens is 1. The number of carbonyl (C=O) groups is 1. The molecule has 0 bridgehead atoms. The molecule has 0 radical (unpaired) electrons. The molecule has 2 heterocycles. The van der Waals surface area contributed by atoms with E-state index in [-0.39, 0.29) is 12.2 Å². The number of carbonyl (C=O) groups excluding carboxylic acids is 1. The minimum atomic E-state index is -0.757. The molecule has 5 aromatic rings. The Morgan fingerprint density at radius 3 is 2.22 bits per heavy atom. The van der Waals surface area contributed by atoms with Gasteiger partial charge in [-0.3, -0.25) is 9.36 Å². The Morgan fingerprint density at radius 2 is 1.54 bits per heavy atom. The van der Waals surface area contributed by atoms with E-state index in [0.29, 0.717) is 50.3 Å². The molecule has 0 saturated heterocycles. The second-order valence-electron chi connectivity index (χ2n) is 10.4. The third-order valence-corrected chi connectivity index (χ3v) is 8.61. The van der Waals surface area contributed by atoms with E-state index in [1.54, 1.807) is 11.5 Å². The van der Waals surface area contributed by atoms with Gasteiger partial charge in [-0.15, -0.1) is 0 Å². The Balaban J connectivity index is 1.42. The zero-order valence-electron chi connectivity index (χ0n) is 25.3. The molecule has 0 N–H and O–H groups in total. The molecular formula is C37H31ClN2O5S. The van der Waals surface area contributed by atoms with Crippen molar-refractivity contribution in [2.75, 3.05) is 13.2 Å². The first-order valence-electron chi connectivity index (χ1n) is 14.9. The molecule has 7 nitrogen and oxygen atoms in total. The lowest BCUT2D eigenvalue weighted by Gasteiger charge is -2.26. The first kappa shape index (κ1) is 31.1. The van der Waals surface area contributed by atoms with Crippen molar-refractivity contribution in [3.05, 3.63) is 156 Å². The topological polar surface area (TPSA) is 79.1 Å². The van der Waals surface area contributed by atoms with Crippen LogP contribution >= 0.6 is 22.9 Å². The second-order valence-corrected chi connectivity index (χ2v) is 11.9. The summed E-state index contributed by atoms with van der Waals surface area (Å²) in [7, 11) is 0. The quantitative estimate of drug-likeness (QED) is 0.160. The number of fused-ring (bicyclic) bond motifs is 1. The van der Waals surface area contributed by atoms with Gasteiger partial charge in [0.25, 0.3) is 5.56 Å². The monoisotopic (exact) mass is 650 g/mol. The van der Waals surface area contributed by atoms with Gasteiger partial charge in [0.1, 0.15) is 18.1 Å². The fourth-order valence-corrected chi connectivity index (χ4v) is 6.35. The molecule has 4 aromatic carbocycles. The lowest BCUT2D eigenvalue weighted by molar-refractivity contribution is -0.138. The van der Waals surface area contributed by atoms with Gasteiger partial charge in [0.2, 0.25) is 0 Å². The van der Waals surface area contributed by atoms with Crippen LogP contribution in [-0.4, -0.2) is 23.8 Å². The molecule has 0 aliphatic carbocycles. The molecule has 1 aliphatic rings. The van der Waals surface area contributed by atoms with Crippen molar-refractivity contribution < 1.29 is 19.0 Å². The summed E-state index contributed by atoms with van der Waals surface area (Å²) in [4.78, 5) is 33.2. The van der Waals surface area contributed by atoms with Crippen molar-refractivity contribution in [1.29, 1.82) is 0 Å². The van der Waals surface area contributed by atoms with Gasteiger partial charge in [0, 0.05) is 10.6 Å². The van der Waals surface area contributed by atoms with Crippen LogP contribution in [-0.2, 0) is 16.1 Å². The fourth-order valence-electron chi connectivity index (χ4n) is 5.23. The van der Waals surface area contributed by atoms with Crippen molar-refractivity contribution in [1.82, 2.24) is 4.57 Å². The van der Waals surface area contributed by atoms with Crippen LogP contribution in [0.5, 0.6) is 11.5 Å². The zero-order valence-corrected chi connectivity index (χ0v) is 26.9. The average molecular weight is 651 g/mol. The standard InChI is InChI=1S/C37H31ClN2O5S/c1-3-43-29-20-14-27(15-21-29)34-32(36(42)44-4-2)33(26-8-6-5-7-9-26)39-37-40(34)35(41)31(46-37)22-24-12-18-30(19-13-24)45-23-25-10-16-28(38)17-11-25/h5-22,34H,3-4,23H2,1-2H3/b31-22-/t34-/m1/s1. The summed E-state index contributed by atoms with van der Waals surface area (Å²) in [6.07, 6.45) is 1.83. The molecule has 232 valence electrons. The Labute approximate surface area is 275 Å². The maximum Gasteiger partial charge on any atom is 0.338 e. The first-order chi connectivity index (χ1) is 22.4. The van der Waals surface area contributed by atoms with E-state index in [0.717, 1.165) is 22.3 Å². The Bertz CT molecular complexity index is 2050. The number of thiazole rings is 1. The van der Waals surface area contributed by atoms with Crippen LogP contribution in [0.1, 0.15) is 42.1 Å². The highest BCUT2D eigenvalue weighted by molar-refractivity contribution is 7.07. The number of rotatable bonds is 10. The molecule has 1 aromatic heterocycles. The summed E-state index contributed by atoms with van der Waals surface area (Å²) >= 11 is 7.26. The van der Waals surface area contributed by atoms with Crippen molar-refractivity contribution in [3.63, 3.8) is 0 Å². The number of benzene rings is 4. The molecule has 46 heavy (non-hydrogen) atoms. The number of nitrogens with zero attached hydrogens (tertiary/aromatic N) is 2. The summed E-state index contributed by atoms with van der Waals surface area (Å²) in [5.41, 5.74) is 3.87. The highest BCUT2D eigenvalue weighted by atomic mass is 35.5. The number of esters is 1. The summed E-state index contributed by atoms with van der Waals surface area (Å²) in [5.74, 6) is 0.882. The number of hydrogen-bond donors (Lipinski definition) is 0. The molecule has 0 amide bonds. The van der Waals surface area contributed by atoms with Gasteiger partial charge in [-0.25, -0.2) is 9.79 Å². The van der Waals surface area contributed by atoms with E-state index in [1.165, 1.54) is 11.3 Å². The highest BCUT2D eigenvalue weighted by Gasteiger charge is 2.35. The van der Waals surface area contributed by atoms with Crippen LogP contribution in [0.3, 0.4) is 0 Å². The van der Waals surface area contributed by atoms with E-state index in [1.807, 2.05) is 116 Å². The predicted molar refractivity (Wildman–Crippen MR) is 181 cm³/mol. The minimum absolute atomic E-state index is 0.185. The normalized spacial score (nSPS) is 14.4. The van der Waals surface area contributed by atoms with Gasteiger partial charge in [-0.1, -0.05) is 89.7 Å². The van der Waals surface area contributed by atoms with Crippen LogP contribution in [0.2, 0.25) is 5.02 Å². The average Bonchev–Trinajstić information content (AvgIpc) is 3.39. The van der Waals surface area contributed by atoms with Crippen LogP contribution in [0, 0.1) is 0 Å². The fraction of sp³-hybridized carbons (Fsp3) is 0.162. The highest BCUT2D eigenvalue weighted by Crippen LogP contribution is 2.35. The van der Waals surface area contributed by atoms with Gasteiger partial charge >= 0.3 is 5.97 Å². The molecule has 0 fully saturated rings. The number of ether oxygens (including phenoxy) is 3. The van der Waals surface area contributed by atoms with Crippen LogP contribution in [0.4, 0.5) is 0 Å². The SMILES string of the molecule is CCOC(=O)C1=C(c2ccccc2)N=c2s/c(=C\c3ccc(OCc4ccc(Cl)cc4)cc3)c(=O)n2[C@@H]1c1ccc(OCC)cc1. The molecule has 1 atom stereocenters. The number of halogens is 1. The van der Waals surface area contributed by atoms with Gasteiger partial charge in [0.15, 0.2) is 4.80 Å². The predicted octanol–water partition coefficient (Wildman–Crippen LogP) is 6.57.